The van der Waals surface area contributed by atoms with E-state index in [-0.39, 0.29) is 44.2 Å². The lowest BCUT2D eigenvalue weighted by Crippen LogP contribution is -2.50. The number of aliphatic hydroxyl groups is 1. The van der Waals surface area contributed by atoms with Crippen molar-refractivity contribution in [1.82, 2.24) is 10.2 Å². The molecule has 5 unspecified atom stereocenters. The van der Waals surface area contributed by atoms with Crippen LogP contribution in [0.3, 0.4) is 0 Å². The Bertz CT molecular complexity index is 1490. The highest BCUT2D eigenvalue weighted by Crippen LogP contribution is 2.43. The Balaban J connectivity index is 1.28. The molecule has 0 saturated carbocycles. The lowest BCUT2D eigenvalue weighted by molar-refractivity contribution is -0.268. The molecule has 2 N–H and O–H groups in total. The van der Waals surface area contributed by atoms with Gasteiger partial charge < -0.3 is 29.5 Å². The van der Waals surface area contributed by atoms with Gasteiger partial charge in [0.1, 0.15) is 11.8 Å². The summed E-state index contributed by atoms with van der Waals surface area (Å²) in [6.45, 7) is 2.03. The van der Waals surface area contributed by atoms with Crippen LogP contribution >= 0.6 is 11.8 Å². The predicted molar refractivity (Wildman–Crippen MR) is 166 cm³/mol. The third-order valence-corrected chi connectivity index (χ3v) is 9.52. The summed E-state index contributed by atoms with van der Waals surface area (Å²) in [5.74, 6) is -1.18. The summed E-state index contributed by atoms with van der Waals surface area (Å²) in [4.78, 5) is 26.1. The number of rotatable bonds is 10. The molecule has 0 aliphatic carbocycles. The minimum atomic E-state index is -5.02. The van der Waals surface area contributed by atoms with Crippen LogP contribution in [0.5, 0.6) is 5.75 Å². The lowest BCUT2D eigenvalue weighted by atomic mass is 9.91. The number of nitrogens with zero attached hydrogens (tertiary/aromatic N) is 1. The van der Waals surface area contributed by atoms with Crippen molar-refractivity contribution in [1.29, 1.82) is 0 Å². The first kappa shape index (κ1) is 33.8. The van der Waals surface area contributed by atoms with Crippen molar-refractivity contribution in [3.8, 4) is 5.75 Å². The molecule has 246 valence electrons. The van der Waals surface area contributed by atoms with Crippen molar-refractivity contribution in [2.24, 2.45) is 5.92 Å². The van der Waals surface area contributed by atoms with Crippen molar-refractivity contribution in [3.63, 3.8) is 0 Å². The molecule has 2 fully saturated rings. The number of ether oxygens (including phenoxy) is 3. The smallest absolute Gasteiger partial charge is 0.471 e. The zero-order valence-corrected chi connectivity index (χ0v) is 26.4. The number of carbonyl (C=O) groups excluding carboxylic acids is 2. The maximum absolute atomic E-state index is 13.0. The van der Waals surface area contributed by atoms with E-state index in [2.05, 4.69) is 12.2 Å². The van der Waals surface area contributed by atoms with Gasteiger partial charge in [-0.2, -0.15) is 13.2 Å². The second kappa shape index (κ2) is 14.9. The van der Waals surface area contributed by atoms with Crippen LogP contribution in [0.1, 0.15) is 54.4 Å². The van der Waals surface area contributed by atoms with E-state index in [0.717, 1.165) is 32.9 Å². The summed E-state index contributed by atoms with van der Waals surface area (Å²) >= 11 is 1.64. The molecule has 2 aliphatic heterocycles. The van der Waals surface area contributed by atoms with Crippen LogP contribution in [-0.2, 0) is 32.2 Å². The number of hydrogen-bond acceptors (Lipinski definition) is 7. The average Bonchev–Trinajstić information content (AvgIpc) is 3.56. The van der Waals surface area contributed by atoms with Gasteiger partial charge in [0.15, 0.2) is 6.29 Å². The van der Waals surface area contributed by atoms with Crippen LogP contribution in [0.25, 0.3) is 0 Å². The number of carbonyl (C=O) groups is 2. The first-order valence-corrected chi connectivity index (χ1v) is 16.1. The summed E-state index contributed by atoms with van der Waals surface area (Å²) < 4.78 is 57.5. The minimum Gasteiger partial charge on any atom is -0.496 e. The zero-order valence-electron chi connectivity index (χ0n) is 25.5. The Kier molecular flexibility index (Phi) is 10.9. The van der Waals surface area contributed by atoms with Crippen molar-refractivity contribution in [3.05, 3.63) is 95.1 Å². The third kappa shape index (κ3) is 7.86. The summed E-state index contributed by atoms with van der Waals surface area (Å²) in [6, 6.07) is 21.6. The molecule has 3 aromatic carbocycles. The van der Waals surface area contributed by atoms with Gasteiger partial charge in [-0.25, -0.2) is 0 Å². The highest BCUT2D eigenvalue weighted by atomic mass is 32.2. The topological polar surface area (TPSA) is 97.3 Å². The molecule has 2 amide bonds. The van der Waals surface area contributed by atoms with Gasteiger partial charge in [-0.15, -0.1) is 11.8 Å². The molecule has 2 aliphatic rings. The number of amides is 2. The summed E-state index contributed by atoms with van der Waals surface area (Å²) in [5, 5.41) is 12.2. The summed E-state index contributed by atoms with van der Waals surface area (Å²) in [6.07, 6.45) is -5.67. The van der Waals surface area contributed by atoms with Gasteiger partial charge >= 0.3 is 12.1 Å². The van der Waals surface area contributed by atoms with Crippen molar-refractivity contribution in [2.45, 2.75) is 68.5 Å². The van der Waals surface area contributed by atoms with Crippen molar-refractivity contribution >= 4 is 23.6 Å². The number of thioether (sulfide) groups is 1. The summed E-state index contributed by atoms with van der Waals surface area (Å²) in [5.41, 5.74) is 3.27. The molecular formula is C34H37F3N2O6S. The number of hydrogen-bond donors (Lipinski definition) is 2. The van der Waals surface area contributed by atoms with E-state index in [9.17, 15) is 27.9 Å². The van der Waals surface area contributed by atoms with Gasteiger partial charge in [0.25, 0.3) is 0 Å². The number of benzene rings is 3. The fraction of sp³-hybridized carbons (Fsp3) is 0.412. The van der Waals surface area contributed by atoms with Crippen LogP contribution in [0.2, 0.25) is 0 Å². The van der Waals surface area contributed by atoms with Crippen LogP contribution in [-0.4, -0.2) is 59.6 Å². The molecular weight excluding hydrogens is 621 g/mol. The largest absolute Gasteiger partial charge is 0.496 e. The number of methoxy groups -OCH3 is 1. The van der Waals surface area contributed by atoms with Crippen LogP contribution in [0.15, 0.2) is 77.7 Å². The van der Waals surface area contributed by atoms with Crippen LogP contribution in [0, 0.1) is 5.92 Å². The highest BCUT2D eigenvalue weighted by molar-refractivity contribution is 7.99. The number of alkyl halides is 3. The highest BCUT2D eigenvalue weighted by Gasteiger charge is 2.47. The number of para-hydroxylation sites is 1. The number of aliphatic hydroxyl groups excluding tert-OH is 1. The zero-order chi connectivity index (χ0) is 32.8. The van der Waals surface area contributed by atoms with Crippen LogP contribution in [0.4, 0.5) is 13.2 Å². The first-order valence-electron chi connectivity index (χ1n) is 15.1. The Morgan fingerprint density at radius 1 is 1.00 bits per heavy atom. The Morgan fingerprint density at radius 2 is 1.67 bits per heavy atom. The Hall–Kier alpha value is -3.58. The molecule has 3 aromatic rings. The Morgan fingerprint density at radius 3 is 2.35 bits per heavy atom. The van der Waals surface area contributed by atoms with Crippen molar-refractivity contribution in [2.75, 3.05) is 19.4 Å². The molecule has 0 radical (unpaired) electrons. The average molecular weight is 659 g/mol. The molecule has 2 heterocycles. The predicted octanol–water partition coefficient (Wildman–Crippen LogP) is 5.94. The second-order valence-corrected chi connectivity index (χ2v) is 12.5. The van der Waals surface area contributed by atoms with E-state index in [1.807, 2.05) is 60.7 Å². The van der Waals surface area contributed by atoms with Gasteiger partial charge in [-0.3, -0.25) is 9.59 Å². The minimum absolute atomic E-state index is 0.00713. The molecule has 8 nitrogen and oxygen atoms in total. The maximum Gasteiger partial charge on any atom is 0.471 e. The molecule has 0 bridgehead atoms. The normalized spacial score (nSPS) is 23.3. The molecule has 0 aromatic heterocycles. The SMILES string of the molecule is COc1ccccc1SCC1OC(c2ccc(CNC(=O)C3CCCN3C(=O)C(F)(F)F)cc2)OC(c2ccc(CO)cc2)C1C. The molecule has 0 spiro atoms. The standard InChI is InChI=1S/C34H37F3N2O6S/c1-21-28(20-46-29-8-4-3-7-27(29)43-2)44-32(45-30(21)24-13-11-23(19-40)12-14-24)25-15-9-22(10-16-25)18-38-31(41)26-6-5-17-39(26)33(42)34(35,36)37/h3-4,7-16,21,26,28,30,32,40H,5-6,17-20H2,1-2H3,(H,38,41). The van der Waals surface area contributed by atoms with Gasteiger partial charge in [0.05, 0.1) is 25.9 Å². The molecule has 5 atom stereocenters. The maximum atomic E-state index is 13.0. The number of halogens is 3. The van der Waals surface area contributed by atoms with Crippen LogP contribution < -0.4 is 10.1 Å². The molecule has 12 heteroatoms. The van der Waals surface area contributed by atoms with Gasteiger partial charge in [0, 0.05) is 35.2 Å². The van der Waals surface area contributed by atoms with Gasteiger partial charge in [-0.1, -0.05) is 67.6 Å². The molecule has 5 rings (SSSR count). The quantitative estimate of drug-likeness (QED) is 0.260. The van der Waals surface area contributed by atoms with E-state index >= 15 is 0 Å². The van der Waals surface area contributed by atoms with E-state index in [1.165, 1.54) is 0 Å². The lowest BCUT2D eigenvalue weighted by Gasteiger charge is -2.41. The third-order valence-electron chi connectivity index (χ3n) is 8.37. The van der Waals surface area contributed by atoms with E-state index < -0.39 is 30.3 Å². The second-order valence-electron chi connectivity index (χ2n) is 11.4. The number of likely N-dealkylation sites (tertiary alicyclic amines) is 1. The van der Waals surface area contributed by atoms with E-state index in [4.69, 9.17) is 14.2 Å². The van der Waals surface area contributed by atoms with Crippen molar-refractivity contribution < 1.29 is 42.1 Å². The number of nitrogens with one attached hydrogen (secondary N) is 1. The van der Waals surface area contributed by atoms with Gasteiger partial charge in [-0.05, 0) is 41.7 Å². The fourth-order valence-corrected chi connectivity index (χ4v) is 6.96. The molecule has 46 heavy (non-hydrogen) atoms. The molecule has 2 saturated heterocycles. The van der Waals surface area contributed by atoms with E-state index in [0.29, 0.717) is 17.1 Å². The Labute approximate surface area is 270 Å². The first-order chi connectivity index (χ1) is 22.1. The summed E-state index contributed by atoms with van der Waals surface area (Å²) in [7, 11) is 1.64. The van der Waals surface area contributed by atoms with E-state index in [1.54, 1.807) is 31.0 Å². The monoisotopic (exact) mass is 658 g/mol. The van der Waals surface area contributed by atoms with Gasteiger partial charge in [0.2, 0.25) is 5.91 Å². The fourth-order valence-electron chi connectivity index (χ4n) is 5.76.